The highest BCUT2D eigenvalue weighted by atomic mass is 16.2. The number of likely N-dealkylation sites (tertiary alicyclic amines) is 1. The van der Waals surface area contributed by atoms with E-state index >= 15 is 0 Å². The van der Waals surface area contributed by atoms with E-state index in [9.17, 15) is 9.59 Å². The number of hydrogen-bond donors (Lipinski definition) is 1. The summed E-state index contributed by atoms with van der Waals surface area (Å²) in [6.07, 6.45) is 1.94. The van der Waals surface area contributed by atoms with E-state index < -0.39 is 0 Å². The quantitative estimate of drug-likeness (QED) is 0.817. The first-order valence-corrected chi connectivity index (χ1v) is 6.72. The summed E-state index contributed by atoms with van der Waals surface area (Å²) in [6, 6.07) is 0. The number of carbonyl (C=O) groups is 2. The lowest BCUT2D eigenvalue weighted by atomic mass is 10.1. The van der Waals surface area contributed by atoms with Gasteiger partial charge in [-0.15, -0.1) is 0 Å². The summed E-state index contributed by atoms with van der Waals surface area (Å²) in [5.74, 6) is 0.454. The van der Waals surface area contributed by atoms with Gasteiger partial charge in [-0.05, 0) is 0 Å². The second kappa shape index (κ2) is 4.80. The number of nitrogens with one attached hydrogen (secondary N) is 1. The predicted molar refractivity (Wildman–Crippen MR) is 75.2 cm³/mol. The van der Waals surface area contributed by atoms with E-state index in [0.717, 1.165) is 5.39 Å². The highest BCUT2D eigenvalue weighted by Gasteiger charge is 2.36. The number of nitrogens with zero attached hydrogens (tertiary/aromatic N) is 5. The molecule has 3 heterocycles. The first kappa shape index (κ1) is 13.5. The van der Waals surface area contributed by atoms with Gasteiger partial charge in [-0.25, -0.2) is 9.97 Å². The Morgan fingerprint density at radius 3 is 2.76 bits per heavy atom. The van der Waals surface area contributed by atoms with Gasteiger partial charge < -0.3 is 5.32 Å². The van der Waals surface area contributed by atoms with E-state index in [0.29, 0.717) is 17.3 Å². The van der Waals surface area contributed by atoms with Gasteiger partial charge in [-0.2, -0.15) is 5.10 Å². The summed E-state index contributed by atoms with van der Waals surface area (Å²) in [7, 11) is 3.54. The monoisotopic (exact) mass is 288 g/mol. The van der Waals surface area contributed by atoms with Crippen LogP contribution in [0.5, 0.6) is 0 Å². The standard InChI is InChI=1S/C13H16N6O2/c1-7-4-10(20)19(13(7)21)6-9-16-11(14-2)8-5-15-18(3)12(8)17-9/h5,7H,4,6H2,1-3H3,(H,14,16,17). The van der Waals surface area contributed by atoms with Crippen LogP contribution < -0.4 is 5.32 Å². The second-order valence-corrected chi connectivity index (χ2v) is 5.17. The molecule has 0 bridgehead atoms. The molecule has 21 heavy (non-hydrogen) atoms. The highest BCUT2D eigenvalue weighted by Crippen LogP contribution is 2.23. The molecule has 0 aromatic carbocycles. The van der Waals surface area contributed by atoms with E-state index in [-0.39, 0.29) is 30.7 Å². The van der Waals surface area contributed by atoms with Crippen molar-refractivity contribution in [1.82, 2.24) is 24.6 Å². The molecular formula is C13H16N6O2. The fraction of sp³-hybridized carbons (Fsp3) is 0.462. The number of carbonyl (C=O) groups excluding carboxylic acids is 2. The average molecular weight is 288 g/mol. The van der Waals surface area contributed by atoms with E-state index in [1.807, 2.05) is 0 Å². The van der Waals surface area contributed by atoms with Crippen LogP contribution in [0.1, 0.15) is 19.2 Å². The Labute approximate surface area is 121 Å². The minimum absolute atomic E-state index is 0.0950. The number of rotatable bonds is 3. The zero-order valence-corrected chi connectivity index (χ0v) is 12.1. The van der Waals surface area contributed by atoms with Gasteiger partial charge in [0.1, 0.15) is 5.82 Å². The van der Waals surface area contributed by atoms with Crippen molar-refractivity contribution in [2.24, 2.45) is 13.0 Å². The van der Waals surface area contributed by atoms with Crippen molar-refractivity contribution in [3.63, 3.8) is 0 Å². The molecule has 1 saturated heterocycles. The van der Waals surface area contributed by atoms with Crippen molar-refractivity contribution >= 4 is 28.7 Å². The van der Waals surface area contributed by atoms with Crippen molar-refractivity contribution < 1.29 is 9.59 Å². The van der Waals surface area contributed by atoms with Gasteiger partial charge in [0.05, 0.1) is 18.1 Å². The van der Waals surface area contributed by atoms with E-state index in [1.165, 1.54) is 4.90 Å². The van der Waals surface area contributed by atoms with Crippen LogP contribution in [-0.2, 0) is 23.2 Å². The van der Waals surface area contributed by atoms with Gasteiger partial charge >= 0.3 is 0 Å². The molecule has 0 radical (unpaired) electrons. The van der Waals surface area contributed by atoms with Crippen molar-refractivity contribution in [3.05, 3.63) is 12.0 Å². The topological polar surface area (TPSA) is 93.0 Å². The molecule has 2 amide bonds. The number of fused-ring (bicyclic) bond motifs is 1. The van der Waals surface area contributed by atoms with Crippen LogP contribution in [0.3, 0.4) is 0 Å². The molecule has 1 fully saturated rings. The number of imide groups is 1. The molecule has 8 heteroatoms. The summed E-state index contributed by atoms with van der Waals surface area (Å²) < 4.78 is 1.64. The molecule has 1 N–H and O–H groups in total. The summed E-state index contributed by atoms with van der Waals surface area (Å²) in [5, 5.41) is 7.93. The smallest absolute Gasteiger partial charge is 0.232 e. The Hall–Kier alpha value is -2.51. The fourth-order valence-corrected chi connectivity index (χ4v) is 2.48. The normalized spacial score (nSPS) is 18.8. The van der Waals surface area contributed by atoms with Gasteiger partial charge in [0, 0.05) is 26.4 Å². The van der Waals surface area contributed by atoms with Crippen molar-refractivity contribution in [2.45, 2.75) is 19.9 Å². The molecule has 1 aliphatic heterocycles. The lowest BCUT2D eigenvalue weighted by molar-refractivity contribution is -0.140. The number of aromatic nitrogens is 4. The van der Waals surface area contributed by atoms with E-state index in [1.54, 1.807) is 31.9 Å². The Balaban J connectivity index is 1.99. The molecule has 2 aromatic rings. The lowest BCUT2D eigenvalue weighted by Gasteiger charge is -2.14. The van der Waals surface area contributed by atoms with Crippen LogP contribution in [0, 0.1) is 5.92 Å². The Morgan fingerprint density at radius 2 is 2.14 bits per heavy atom. The van der Waals surface area contributed by atoms with Crippen molar-refractivity contribution in [1.29, 1.82) is 0 Å². The first-order valence-electron chi connectivity index (χ1n) is 6.72. The molecule has 0 saturated carbocycles. The maximum atomic E-state index is 12.0. The van der Waals surface area contributed by atoms with Gasteiger partial charge in [0.15, 0.2) is 11.5 Å². The van der Waals surface area contributed by atoms with Crippen LogP contribution >= 0.6 is 0 Å². The highest BCUT2D eigenvalue weighted by molar-refractivity contribution is 6.03. The van der Waals surface area contributed by atoms with Gasteiger partial charge in [-0.1, -0.05) is 6.92 Å². The van der Waals surface area contributed by atoms with Crippen LogP contribution in [0.15, 0.2) is 6.20 Å². The molecular weight excluding hydrogens is 272 g/mol. The average Bonchev–Trinajstić information content (AvgIpc) is 2.94. The van der Waals surface area contributed by atoms with Crippen LogP contribution in [-0.4, -0.2) is 43.5 Å². The maximum absolute atomic E-state index is 12.0. The minimum Gasteiger partial charge on any atom is -0.372 e. The van der Waals surface area contributed by atoms with Gasteiger partial charge in [0.25, 0.3) is 0 Å². The Bertz CT molecular complexity index is 738. The molecule has 8 nitrogen and oxygen atoms in total. The number of anilines is 1. The third-order valence-corrected chi connectivity index (χ3v) is 3.64. The zero-order valence-electron chi connectivity index (χ0n) is 12.1. The third kappa shape index (κ3) is 2.12. The Morgan fingerprint density at radius 1 is 1.38 bits per heavy atom. The van der Waals surface area contributed by atoms with Crippen LogP contribution in [0.25, 0.3) is 11.0 Å². The number of aryl methyl sites for hydroxylation is 1. The van der Waals surface area contributed by atoms with Crippen LogP contribution in [0.4, 0.5) is 5.82 Å². The largest absolute Gasteiger partial charge is 0.372 e. The SMILES string of the molecule is CNc1nc(CN2C(=O)CC(C)C2=O)nc2c1cnn2C. The molecule has 0 spiro atoms. The molecule has 1 aliphatic rings. The number of hydrogen-bond acceptors (Lipinski definition) is 6. The van der Waals surface area contributed by atoms with Crippen molar-refractivity contribution in [2.75, 3.05) is 12.4 Å². The lowest BCUT2D eigenvalue weighted by Crippen LogP contribution is -2.30. The molecule has 3 rings (SSSR count). The van der Waals surface area contributed by atoms with Gasteiger partial charge in [-0.3, -0.25) is 19.2 Å². The molecule has 1 atom stereocenters. The van der Waals surface area contributed by atoms with E-state index in [4.69, 9.17) is 0 Å². The summed E-state index contributed by atoms with van der Waals surface area (Å²) in [6.45, 7) is 1.85. The summed E-state index contributed by atoms with van der Waals surface area (Å²) >= 11 is 0. The van der Waals surface area contributed by atoms with Crippen molar-refractivity contribution in [3.8, 4) is 0 Å². The molecule has 1 unspecified atom stereocenters. The zero-order chi connectivity index (χ0) is 15.1. The fourth-order valence-electron chi connectivity index (χ4n) is 2.48. The van der Waals surface area contributed by atoms with E-state index in [2.05, 4.69) is 20.4 Å². The predicted octanol–water partition coefficient (Wildman–Crippen LogP) is 0.300. The molecule has 2 aromatic heterocycles. The Kier molecular flexibility index (Phi) is 3.08. The first-order chi connectivity index (χ1) is 10.0. The maximum Gasteiger partial charge on any atom is 0.232 e. The molecule has 110 valence electrons. The summed E-state index contributed by atoms with van der Waals surface area (Å²) in [5.41, 5.74) is 0.663. The van der Waals surface area contributed by atoms with Crippen LogP contribution in [0.2, 0.25) is 0 Å². The number of amides is 2. The van der Waals surface area contributed by atoms with Gasteiger partial charge in [0.2, 0.25) is 11.8 Å². The second-order valence-electron chi connectivity index (χ2n) is 5.17. The molecule has 0 aliphatic carbocycles. The minimum atomic E-state index is -0.262. The third-order valence-electron chi connectivity index (χ3n) is 3.64. The summed E-state index contributed by atoms with van der Waals surface area (Å²) in [4.78, 5) is 33.8.